The fourth-order valence-corrected chi connectivity index (χ4v) is 3.38. The minimum atomic E-state index is -1.21. The molecule has 0 aromatic heterocycles. The van der Waals surface area contributed by atoms with Gasteiger partial charge in [0.2, 0.25) is 0 Å². The normalized spacial score (nSPS) is 37.7. The zero-order chi connectivity index (χ0) is 12.6. The SMILES string of the molecule is O=C(OCC1CCCC2OC12)C1(O)CCCCC1. The summed E-state index contributed by atoms with van der Waals surface area (Å²) in [6.07, 6.45) is 8.17. The van der Waals surface area contributed by atoms with Crippen LogP contribution in [0.25, 0.3) is 0 Å². The molecular formula is C14H22O4. The van der Waals surface area contributed by atoms with E-state index >= 15 is 0 Å². The summed E-state index contributed by atoms with van der Waals surface area (Å²) in [6, 6.07) is 0. The van der Waals surface area contributed by atoms with Crippen molar-refractivity contribution >= 4 is 5.97 Å². The molecule has 0 bridgehead atoms. The Morgan fingerprint density at radius 2 is 2.00 bits per heavy atom. The lowest BCUT2D eigenvalue weighted by atomic mass is 9.85. The van der Waals surface area contributed by atoms with Crippen LogP contribution in [0.3, 0.4) is 0 Å². The first kappa shape index (κ1) is 12.4. The molecule has 1 saturated heterocycles. The molecule has 0 aromatic rings. The van der Waals surface area contributed by atoms with E-state index < -0.39 is 11.6 Å². The quantitative estimate of drug-likeness (QED) is 0.616. The van der Waals surface area contributed by atoms with Gasteiger partial charge < -0.3 is 14.6 Å². The van der Waals surface area contributed by atoms with Gasteiger partial charge in [0.1, 0.15) is 0 Å². The minimum absolute atomic E-state index is 0.313. The first-order valence-corrected chi connectivity index (χ1v) is 7.24. The first-order valence-electron chi connectivity index (χ1n) is 7.24. The fourth-order valence-electron chi connectivity index (χ4n) is 3.38. The van der Waals surface area contributed by atoms with E-state index in [9.17, 15) is 9.90 Å². The summed E-state index contributed by atoms with van der Waals surface area (Å²) in [5, 5.41) is 10.2. The number of aliphatic hydroxyl groups is 1. The number of rotatable bonds is 3. The van der Waals surface area contributed by atoms with Gasteiger partial charge in [-0.15, -0.1) is 0 Å². The monoisotopic (exact) mass is 254 g/mol. The van der Waals surface area contributed by atoms with Crippen molar-refractivity contribution in [3.8, 4) is 0 Å². The number of fused-ring (bicyclic) bond motifs is 1. The molecule has 3 rings (SSSR count). The third-order valence-electron chi connectivity index (χ3n) is 4.64. The molecule has 3 fully saturated rings. The molecule has 3 aliphatic rings. The summed E-state index contributed by atoms with van der Waals surface area (Å²) >= 11 is 0. The molecule has 1 N–H and O–H groups in total. The number of ether oxygens (including phenoxy) is 2. The van der Waals surface area contributed by atoms with E-state index in [2.05, 4.69) is 0 Å². The van der Waals surface area contributed by atoms with Crippen LogP contribution in [-0.4, -0.2) is 35.5 Å². The van der Waals surface area contributed by atoms with Crippen LogP contribution in [0.2, 0.25) is 0 Å². The van der Waals surface area contributed by atoms with E-state index in [4.69, 9.17) is 9.47 Å². The first-order chi connectivity index (χ1) is 8.69. The molecule has 102 valence electrons. The largest absolute Gasteiger partial charge is 0.463 e. The van der Waals surface area contributed by atoms with Crippen molar-refractivity contribution in [1.29, 1.82) is 0 Å². The van der Waals surface area contributed by atoms with Crippen LogP contribution in [0.5, 0.6) is 0 Å². The standard InChI is InChI=1S/C14H22O4/c15-13(14(16)7-2-1-3-8-14)17-9-10-5-4-6-11-12(10)18-11/h10-12,16H,1-9H2. The molecule has 1 heterocycles. The van der Waals surface area contributed by atoms with E-state index in [0.717, 1.165) is 38.5 Å². The summed E-state index contributed by atoms with van der Waals surface area (Å²) in [7, 11) is 0. The highest BCUT2D eigenvalue weighted by molar-refractivity contribution is 5.79. The Balaban J connectivity index is 1.48. The van der Waals surface area contributed by atoms with Crippen molar-refractivity contribution in [2.45, 2.75) is 69.2 Å². The van der Waals surface area contributed by atoms with Crippen LogP contribution in [0.1, 0.15) is 51.4 Å². The third-order valence-corrected chi connectivity index (χ3v) is 4.64. The lowest BCUT2D eigenvalue weighted by Crippen LogP contribution is -2.42. The molecule has 0 aromatic carbocycles. The topological polar surface area (TPSA) is 59.1 Å². The van der Waals surface area contributed by atoms with Gasteiger partial charge in [-0.25, -0.2) is 4.79 Å². The molecule has 3 unspecified atom stereocenters. The Hall–Kier alpha value is -0.610. The lowest BCUT2D eigenvalue weighted by molar-refractivity contribution is -0.170. The molecule has 0 radical (unpaired) electrons. The van der Waals surface area contributed by atoms with Gasteiger partial charge in [-0.3, -0.25) is 0 Å². The van der Waals surface area contributed by atoms with E-state index in [-0.39, 0.29) is 0 Å². The maximum atomic E-state index is 12.0. The summed E-state index contributed by atoms with van der Waals surface area (Å²) < 4.78 is 10.9. The molecule has 0 spiro atoms. The predicted molar refractivity (Wildman–Crippen MR) is 65.0 cm³/mol. The average Bonchev–Trinajstić information content (AvgIpc) is 3.16. The van der Waals surface area contributed by atoms with Gasteiger partial charge in [-0.1, -0.05) is 12.8 Å². The molecule has 4 nitrogen and oxygen atoms in total. The van der Waals surface area contributed by atoms with Gasteiger partial charge in [0.05, 0.1) is 18.8 Å². The van der Waals surface area contributed by atoms with Gasteiger partial charge >= 0.3 is 5.97 Å². The van der Waals surface area contributed by atoms with Crippen LogP contribution >= 0.6 is 0 Å². The fraction of sp³-hybridized carbons (Fsp3) is 0.929. The second-order valence-corrected chi connectivity index (χ2v) is 6.02. The maximum Gasteiger partial charge on any atom is 0.338 e. The van der Waals surface area contributed by atoms with Crippen molar-refractivity contribution in [2.24, 2.45) is 5.92 Å². The second-order valence-electron chi connectivity index (χ2n) is 6.02. The molecule has 2 aliphatic carbocycles. The lowest BCUT2D eigenvalue weighted by Gasteiger charge is -2.30. The van der Waals surface area contributed by atoms with E-state index in [1.54, 1.807) is 0 Å². The van der Waals surface area contributed by atoms with Crippen LogP contribution < -0.4 is 0 Å². The summed E-state index contributed by atoms with van der Waals surface area (Å²) in [5.41, 5.74) is -1.21. The Kier molecular flexibility index (Phi) is 3.32. The summed E-state index contributed by atoms with van der Waals surface area (Å²) in [4.78, 5) is 12.0. The number of carbonyl (C=O) groups excluding carboxylic acids is 1. The Morgan fingerprint density at radius 1 is 1.22 bits per heavy atom. The van der Waals surface area contributed by atoms with Crippen molar-refractivity contribution in [3.63, 3.8) is 0 Å². The Morgan fingerprint density at radius 3 is 2.78 bits per heavy atom. The van der Waals surface area contributed by atoms with Crippen LogP contribution in [0.15, 0.2) is 0 Å². The highest BCUT2D eigenvalue weighted by Crippen LogP contribution is 2.41. The van der Waals surface area contributed by atoms with E-state index in [0.29, 0.717) is 37.6 Å². The second kappa shape index (κ2) is 4.82. The van der Waals surface area contributed by atoms with Crippen molar-refractivity contribution in [2.75, 3.05) is 6.61 Å². The zero-order valence-corrected chi connectivity index (χ0v) is 10.8. The highest BCUT2D eigenvalue weighted by Gasteiger charge is 2.48. The van der Waals surface area contributed by atoms with Gasteiger partial charge in [0.25, 0.3) is 0 Å². The van der Waals surface area contributed by atoms with E-state index in [1.165, 1.54) is 0 Å². The van der Waals surface area contributed by atoms with Crippen LogP contribution in [0, 0.1) is 5.92 Å². The van der Waals surface area contributed by atoms with Crippen molar-refractivity contribution in [1.82, 2.24) is 0 Å². The highest BCUT2D eigenvalue weighted by atomic mass is 16.6. The number of hydrogen-bond acceptors (Lipinski definition) is 4. The summed E-state index contributed by atoms with van der Waals surface area (Å²) in [5.74, 6) is -0.0649. The zero-order valence-electron chi connectivity index (χ0n) is 10.8. The Bertz CT molecular complexity index is 322. The molecule has 0 amide bonds. The van der Waals surface area contributed by atoms with Crippen molar-refractivity contribution in [3.05, 3.63) is 0 Å². The molecule has 3 atom stereocenters. The molecule has 18 heavy (non-hydrogen) atoms. The van der Waals surface area contributed by atoms with Crippen LogP contribution in [0.4, 0.5) is 0 Å². The van der Waals surface area contributed by atoms with Gasteiger partial charge in [-0.2, -0.15) is 0 Å². The number of carbonyl (C=O) groups is 1. The Labute approximate surface area is 108 Å². The molecule has 4 heteroatoms. The number of esters is 1. The molecule has 2 saturated carbocycles. The predicted octanol–water partition coefficient (Wildman–Crippen LogP) is 1.79. The average molecular weight is 254 g/mol. The summed E-state index contributed by atoms with van der Waals surface area (Å²) in [6.45, 7) is 0.419. The van der Waals surface area contributed by atoms with Gasteiger partial charge in [-0.05, 0) is 38.5 Å². The maximum absolute atomic E-state index is 12.0. The van der Waals surface area contributed by atoms with Gasteiger partial charge in [0, 0.05) is 5.92 Å². The molecular weight excluding hydrogens is 232 g/mol. The van der Waals surface area contributed by atoms with Gasteiger partial charge in [0.15, 0.2) is 5.60 Å². The number of epoxide rings is 1. The number of hydrogen-bond donors (Lipinski definition) is 1. The molecule has 1 aliphatic heterocycles. The van der Waals surface area contributed by atoms with Crippen LogP contribution in [-0.2, 0) is 14.3 Å². The van der Waals surface area contributed by atoms with E-state index in [1.807, 2.05) is 0 Å². The smallest absolute Gasteiger partial charge is 0.338 e. The van der Waals surface area contributed by atoms with Crippen molar-refractivity contribution < 1.29 is 19.4 Å². The third kappa shape index (κ3) is 2.41. The minimum Gasteiger partial charge on any atom is -0.463 e.